The Morgan fingerprint density at radius 2 is 1.95 bits per heavy atom. The number of halogens is 1. The summed E-state index contributed by atoms with van der Waals surface area (Å²) < 4.78 is 10.4. The van der Waals surface area contributed by atoms with Crippen LogP contribution in [0.3, 0.4) is 0 Å². The third-order valence-electron chi connectivity index (χ3n) is 2.96. The lowest BCUT2D eigenvalue weighted by Gasteiger charge is -2.16. The van der Waals surface area contributed by atoms with E-state index in [0.29, 0.717) is 12.3 Å². The van der Waals surface area contributed by atoms with Crippen LogP contribution in [-0.4, -0.2) is 26.2 Å². The van der Waals surface area contributed by atoms with E-state index in [4.69, 9.17) is 15.2 Å². The highest BCUT2D eigenvalue weighted by molar-refractivity contribution is 5.85. The minimum Gasteiger partial charge on any atom is -0.497 e. The molecule has 6 heteroatoms. The molecule has 114 valence electrons. The first-order chi connectivity index (χ1) is 8.99. The van der Waals surface area contributed by atoms with Crippen LogP contribution in [0.1, 0.15) is 19.4 Å². The second-order valence-electron chi connectivity index (χ2n) is 4.67. The molecule has 0 fully saturated rings. The van der Waals surface area contributed by atoms with Gasteiger partial charge in [-0.05, 0) is 24.1 Å². The molecule has 1 aromatic carbocycles. The van der Waals surface area contributed by atoms with Crippen LogP contribution in [-0.2, 0) is 11.3 Å². The fourth-order valence-corrected chi connectivity index (χ4v) is 1.62. The number of nitrogens with two attached hydrogens (primary N) is 1. The van der Waals surface area contributed by atoms with Gasteiger partial charge >= 0.3 is 0 Å². The van der Waals surface area contributed by atoms with E-state index in [1.54, 1.807) is 14.2 Å². The molecule has 3 N–H and O–H groups in total. The first-order valence-corrected chi connectivity index (χ1v) is 6.23. The third-order valence-corrected chi connectivity index (χ3v) is 2.96. The molecular weight excluding hydrogens is 280 g/mol. The van der Waals surface area contributed by atoms with E-state index in [1.165, 1.54) is 0 Å². The third kappa shape index (κ3) is 4.90. The molecule has 1 rings (SSSR count). The zero-order chi connectivity index (χ0) is 14.4. The number of rotatable bonds is 6. The Morgan fingerprint density at radius 3 is 2.45 bits per heavy atom. The van der Waals surface area contributed by atoms with Crippen LogP contribution < -0.4 is 20.5 Å². The average Bonchev–Trinajstić information content (AvgIpc) is 2.43. The Bertz CT molecular complexity index is 438. The topological polar surface area (TPSA) is 73.6 Å². The van der Waals surface area contributed by atoms with Crippen molar-refractivity contribution in [3.63, 3.8) is 0 Å². The van der Waals surface area contributed by atoms with Crippen LogP contribution in [0.5, 0.6) is 11.5 Å². The van der Waals surface area contributed by atoms with Gasteiger partial charge in [-0.15, -0.1) is 12.4 Å². The minimum absolute atomic E-state index is 0. The lowest BCUT2D eigenvalue weighted by molar-refractivity contribution is -0.123. The van der Waals surface area contributed by atoms with Gasteiger partial charge < -0.3 is 20.5 Å². The maximum atomic E-state index is 11.8. The number of ether oxygens (including phenoxy) is 2. The Labute approximate surface area is 126 Å². The van der Waals surface area contributed by atoms with Gasteiger partial charge in [-0.3, -0.25) is 4.79 Å². The lowest BCUT2D eigenvalue weighted by Crippen LogP contribution is -2.43. The molecule has 1 atom stereocenters. The molecule has 0 aliphatic carbocycles. The first kappa shape index (κ1) is 18.5. The number of carbonyl (C=O) groups is 1. The minimum atomic E-state index is -0.503. The molecule has 0 saturated carbocycles. The van der Waals surface area contributed by atoms with E-state index >= 15 is 0 Å². The molecule has 0 unspecified atom stereocenters. The van der Waals surface area contributed by atoms with Crippen molar-refractivity contribution in [1.82, 2.24) is 5.32 Å². The fraction of sp³-hybridized carbons (Fsp3) is 0.500. The maximum Gasteiger partial charge on any atom is 0.237 e. The largest absolute Gasteiger partial charge is 0.497 e. The SMILES string of the molecule is COc1ccc(OC)c(CNC(=O)[C@@H](N)C(C)C)c1.Cl. The van der Waals surface area contributed by atoms with Crippen molar-refractivity contribution in [2.75, 3.05) is 14.2 Å². The van der Waals surface area contributed by atoms with Gasteiger partial charge in [0.2, 0.25) is 5.91 Å². The second-order valence-corrected chi connectivity index (χ2v) is 4.67. The Kier molecular flexibility index (Phi) is 8.03. The van der Waals surface area contributed by atoms with Crippen molar-refractivity contribution in [3.05, 3.63) is 23.8 Å². The fourth-order valence-electron chi connectivity index (χ4n) is 1.62. The number of hydrogen-bond donors (Lipinski definition) is 2. The molecule has 0 aromatic heterocycles. The molecule has 0 spiro atoms. The number of nitrogens with one attached hydrogen (secondary N) is 1. The summed E-state index contributed by atoms with van der Waals surface area (Å²) in [6.45, 7) is 4.19. The van der Waals surface area contributed by atoms with Crippen LogP contribution in [0.2, 0.25) is 0 Å². The van der Waals surface area contributed by atoms with Crippen LogP contribution >= 0.6 is 12.4 Å². The van der Waals surface area contributed by atoms with Crippen molar-refractivity contribution in [2.45, 2.75) is 26.4 Å². The van der Waals surface area contributed by atoms with Crippen molar-refractivity contribution in [2.24, 2.45) is 11.7 Å². The Morgan fingerprint density at radius 1 is 1.30 bits per heavy atom. The highest BCUT2D eigenvalue weighted by atomic mass is 35.5. The summed E-state index contributed by atoms with van der Waals surface area (Å²) in [5.41, 5.74) is 6.64. The summed E-state index contributed by atoms with van der Waals surface area (Å²) in [7, 11) is 3.19. The molecule has 0 aliphatic rings. The molecule has 5 nitrogen and oxygen atoms in total. The van der Waals surface area contributed by atoms with Gasteiger partial charge in [0, 0.05) is 12.1 Å². The zero-order valence-corrected chi connectivity index (χ0v) is 13.1. The summed E-state index contributed by atoms with van der Waals surface area (Å²) in [6, 6.07) is 4.95. The molecular formula is C14H23ClN2O3. The summed E-state index contributed by atoms with van der Waals surface area (Å²) in [5.74, 6) is 1.37. The molecule has 1 amide bonds. The molecule has 1 aromatic rings. The number of benzene rings is 1. The van der Waals surface area contributed by atoms with E-state index in [1.807, 2.05) is 32.0 Å². The summed E-state index contributed by atoms with van der Waals surface area (Å²) >= 11 is 0. The smallest absolute Gasteiger partial charge is 0.237 e. The highest BCUT2D eigenvalue weighted by Crippen LogP contribution is 2.23. The van der Waals surface area contributed by atoms with Crippen LogP contribution in [0.15, 0.2) is 18.2 Å². The van der Waals surface area contributed by atoms with E-state index in [9.17, 15) is 4.79 Å². The predicted molar refractivity (Wildman–Crippen MR) is 81.5 cm³/mol. The maximum absolute atomic E-state index is 11.8. The van der Waals surface area contributed by atoms with Gasteiger partial charge in [-0.1, -0.05) is 13.8 Å². The monoisotopic (exact) mass is 302 g/mol. The van der Waals surface area contributed by atoms with Gasteiger partial charge in [0.15, 0.2) is 0 Å². The normalized spacial score (nSPS) is 11.5. The Balaban J connectivity index is 0.00000361. The van der Waals surface area contributed by atoms with Gasteiger partial charge in [-0.25, -0.2) is 0 Å². The molecule has 0 saturated heterocycles. The molecule has 0 aliphatic heterocycles. The van der Waals surface area contributed by atoms with Crippen LogP contribution in [0.25, 0.3) is 0 Å². The summed E-state index contributed by atoms with van der Waals surface area (Å²) in [4.78, 5) is 11.8. The van der Waals surface area contributed by atoms with Gasteiger partial charge in [0.1, 0.15) is 11.5 Å². The van der Waals surface area contributed by atoms with E-state index in [0.717, 1.165) is 11.3 Å². The van der Waals surface area contributed by atoms with E-state index in [-0.39, 0.29) is 24.2 Å². The highest BCUT2D eigenvalue weighted by Gasteiger charge is 2.17. The first-order valence-electron chi connectivity index (χ1n) is 6.23. The molecule has 0 bridgehead atoms. The van der Waals surface area contributed by atoms with Gasteiger partial charge in [-0.2, -0.15) is 0 Å². The number of amides is 1. The Hall–Kier alpha value is -1.46. The molecule has 0 radical (unpaired) electrons. The van der Waals surface area contributed by atoms with E-state index < -0.39 is 6.04 Å². The number of carbonyl (C=O) groups excluding carboxylic acids is 1. The number of methoxy groups -OCH3 is 2. The lowest BCUT2D eigenvalue weighted by atomic mass is 10.0. The summed E-state index contributed by atoms with van der Waals surface area (Å²) in [6.07, 6.45) is 0. The number of hydrogen-bond acceptors (Lipinski definition) is 4. The second kappa shape index (κ2) is 8.66. The van der Waals surface area contributed by atoms with Gasteiger partial charge in [0.25, 0.3) is 0 Å². The average molecular weight is 303 g/mol. The molecule has 20 heavy (non-hydrogen) atoms. The molecule has 0 heterocycles. The van der Waals surface area contributed by atoms with Crippen LogP contribution in [0.4, 0.5) is 0 Å². The van der Waals surface area contributed by atoms with Crippen molar-refractivity contribution in [1.29, 1.82) is 0 Å². The standard InChI is InChI=1S/C14H22N2O3.ClH/c1-9(2)13(15)14(17)16-8-10-7-11(18-3)5-6-12(10)19-4;/h5-7,9,13H,8,15H2,1-4H3,(H,16,17);1H/t13-;/m0./s1. The van der Waals surface area contributed by atoms with Crippen LogP contribution in [0, 0.1) is 5.92 Å². The quantitative estimate of drug-likeness (QED) is 0.839. The summed E-state index contributed by atoms with van der Waals surface area (Å²) in [5, 5.41) is 2.81. The van der Waals surface area contributed by atoms with Crippen molar-refractivity contribution < 1.29 is 14.3 Å². The van der Waals surface area contributed by atoms with Gasteiger partial charge in [0.05, 0.1) is 20.3 Å². The predicted octanol–water partition coefficient (Wildman–Crippen LogP) is 1.73. The van der Waals surface area contributed by atoms with E-state index in [2.05, 4.69) is 5.32 Å². The van der Waals surface area contributed by atoms with Crippen molar-refractivity contribution in [3.8, 4) is 11.5 Å². The van der Waals surface area contributed by atoms with Crippen molar-refractivity contribution >= 4 is 18.3 Å². The zero-order valence-electron chi connectivity index (χ0n) is 12.3.